The number of fused-ring (bicyclic) bond motifs is 2. The molecule has 1 aromatic carbocycles. The molecule has 1 saturated carbocycles. The first-order valence-electron chi connectivity index (χ1n) is 7.96. The zero-order valence-corrected chi connectivity index (χ0v) is 12.1. The van der Waals surface area contributed by atoms with Crippen molar-refractivity contribution >= 4 is 5.91 Å². The molecule has 1 aromatic rings. The second-order valence-electron chi connectivity index (χ2n) is 6.60. The molecule has 110 valence electrons. The van der Waals surface area contributed by atoms with Gasteiger partial charge in [-0.2, -0.15) is 0 Å². The number of amides is 1. The Morgan fingerprint density at radius 1 is 1.05 bits per heavy atom. The number of hydrogen-bond donors (Lipinski definition) is 0. The van der Waals surface area contributed by atoms with Crippen LogP contribution in [0.4, 0.5) is 4.39 Å². The summed E-state index contributed by atoms with van der Waals surface area (Å²) in [4.78, 5) is 14.8. The van der Waals surface area contributed by atoms with E-state index in [0.717, 1.165) is 31.2 Å². The van der Waals surface area contributed by atoms with Gasteiger partial charge in [-0.25, -0.2) is 4.39 Å². The molecule has 3 heteroatoms. The Morgan fingerprint density at radius 3 is 2.24 bits per heavy atom. The SMILES string of the molecule is O=C(Cc1ccc(F)cc1)N1C2CCC1CC(=C1CC1)C2. The molecule has 2 atom stereocenters. The molecule has 0 aromatic heterocycles. The number of carbonyl (C=O) groups excluding carboxylic acids is 1. The molecule has 1 amide bonds. The predicted octanol–water partition coefficient (Wildman–Crippen LogP) is 3.61. The maximum absolute atomic E-state index is 12.9. The van der Waals surface area contributed by atoms with Crippen LogP contribution < -0.4 is 0 Å². The van der Waals surface area contributed by atoms with Gasteiger partial charge >= 0.3 is 0 Å². The third-order valence-electron chi connectivity index (χ3n) is 5.14. The summed E-state index contributed by atoms with van der Waals surface area (Å²) in [5.41, 5.74) is 4.22. The first-order chi connectivity index (χ1) is 10.2. The van der Waals surface area contributed by atoms with Crippen molar-refractivity contribution in [2.75, 3.05) is 0 Å². The van der Waals surface area contributed by atoms with Gasteiger partial charge < -0.3 is 4.90 Å². The van der Waals surface area contributed by atoms with Crippen molar-refractivity contribution in [3.05, 3.63) is 46.8 Å². The third-order valence-corrected chi connectivity index (χ3v) is 5.14. The summed E-state index contributed by atoms with van der Waals surface area (Å²) in [7, 11) is 0. The largest absolute Gasteiger partial charge is 0.336 e. The lowest BCUT2D eigenvalue weighted by atomic mass is 9.95. The van der Waals surface area contributed by atoms with Crippen LogP contribution in [0.3, 0.4) is 0 Å². The van der Waals surface area contributed by atoms with Gasteiger partial charge in [0.05, 0.1) is 6.42 Å². The lowest BCUT2D eigenvalue weighted by Gasteiger charge is -2.36. The zero-order chi connectivity index (χ0) is 14.4. The van der Waals surface area contributed by atoms with E-state index in [9.17, 15) is 9.18 Å². The van der Waals surface area contributed by atoms with Crippen LogP contribution in [0, 0.1) is 5.82 Å². The van der Waals surface area contributed by atoms with Crippen LogP contribution in [0.25, 0.3) is 0 Å². The van der Waals surface area contributed by atoms with Gasteiger partial charge in [0.15, 0.2) is 0 Å². The van der Waals surface area contributed by atoms with Gasteiger partial charge in [-0.1, -0.05) is 23.3 Å². The first-order valence-corrected chi connectivity index (χ1v) is 7.96. The lowest BCUT2D eigenvalue weighted by molar-refractivity contribution is -0.134. The summed E-state index contributed by atoms with van der Waals surface area (Å²) in [6, 6.07) is 7.14. The van der Waals surface area contributed by atoms with Gasteiger partial charge in [-0.05, 0) is 56.2 Å². The van der Waals surface area contributed by atoms with Gasteiger partial charge in [0.25, 0.3) is 0 Å². The Kier molecular flexibility index (Phi) is 3.09. The van der Waals surface area contributed by atoms with Gasteiger partial charge in [0.1, 0.15) is 5.82 Å². The topological polar surface area (TPSA) is 20.3 Å². The van der Waals surface area contributed by atoms with E-state index < -0.39 is 0 Å². The van der Waals surface area contributed by atoms with E-state index >= 15 is 0 Å². The van der Waals surface area contributed by atoms with E-state index in [1.165, 1.54) is 25.0 Å². The average Bonchev–Trinajstić information content (AvgIpc) is 3.27. The minimum Gasteiger partial charge on any atom is -0.336 e. The molecular formula is C18H20FNO. The van der Waals surface area contributed by atoms with Gasteiger partial charge in [0.2, 0.25) is 5.91 Å². The van der Waals surface area contributed by atoms with E-state index in [2.05, 4.69) is 4.90 Å². The quantitative estimate of drug-likeness (QED) is 0.760. The number of rotatable bonds is 2. The highest BCUT2D eigenvalue weighted by Crippen LogP contribution is 2.44. The van der Waals surface area contributed by atoms with Crippen molar-refractivity contribution in [3.63, 3.8) is 0 Å². The molecule has 1 aliphatic carbocycles. The molecule has 2 saturated heterocycles. The van der Waals surface area contributed by atoms with Crippen molar-refractivity contribution in [2.24, 2.45) is 0 Å². The van der Waals surface area contributed by atoms with E-state index in [1.54, 1.807) is 23.3 Å². The molecule has 21 heavy (non-hydrogen) atoms. The Bertz CT molecular complexity index is 582. The Hall–Kier alpha value is -1.64. The Morgan fingerprint density at radius 2 is 1.67 bits per heavy atom. The number of carbonyl (C=O) groups is 1. The fraction of sp³-hybridized carbons (Fsp3) is 0.500. The van der Waals surface area contributed by atoms with E-state index in [0.29, 0.717) is 18.5 Å². The maximum Gasteiger partial charge on any atom is 0.227 e. The Balaban J connectivity index is 1.48. The maximum atomic E-state index is 12.9. The number of allylic oxidation sites excluding steroid dienone is 1. The standard InChI is InChI=1S/C18H20FNO/c19-15-5-1-12(2-6-15)9-18(21)20-16-7-8-17(20)11-14(10-16)13-3-4-13/h1-2,5-6,16-17H,3-4,7-11H2. The first kappa shape index (κ1) is 13.1. The summed E-state index contributed by atoms with van der Waals surface area (Å²) in [5, 5.41) is 0. The average molecular weight is 285 g/mol. The van der Waals surface area contributed by atoms with Crippen molar-refractivity contribution in [3.8, 4) is 0 Å². The fourth-order valence-corrected chi connectivity index (χ4v) is 3.99. The molecule has 0 spiro atoms. The molecule has 4 rings (SSSR count). The third kappa shape index (κ3) is 2.50. The number of hydrogen-bond acceptors (Lipinski definition) is 1. The van der Waals surface area contributed by atoms with E-state index in [-0.39, 0.29) is 11.7 Å². The van der Waals surface area contributed by atoms with Crippen LogP contribution in [-0.2, 0) is 11.2 Å². The summed E-state index contributed by atoms with van der Waals surface area (Å²) in [6.07, 6.45) is 7.48. The lowest BCUT2D eigenvalue weighted by Crippen LogP contribution is -2.45. The number of nitrogens with zero attached hydrogens (tertiary/aromatic N) is 1. The monoisotopic (exact) mass is 285 g/mol. The number of benzene rings is 1. The molecule has 2 nitrogen and oxygen atoms in total. The van der Waals surface area contributed by atoms with Gasteiger partial charge in [0, 0.05) is 12.1 Å². The minimum atomic E-state index is -0.245. The normalized spacial score (nSPS) is 27.2. The smallest absolute Gasteiger partial charge is 0.227 e. The van der Waals surface area contributed by atoms with E-state index in [4.69, 9.17) is 0 Å². The van der Waals surface area contributed by atoms with Gasteiger partial charge in [-0.3, -0.25) is 4.79 Å². The van der Waals surface area contributed by atoms with Crippen LogP contribution >= 0.6 is 0 Å². The molecule has 2 heterocycles. The second-order valence-corrected chi connectivity index (χ2v) is 6.60. The summed E-state index contributed by atoms with van der Waals surface area (Å²) >= 11 is 0. The minimum absolute atomic E-state index is 0.217. The van der Waals surface area contributed by atoms with Crippen molar-refractivity contribution in [1.82, 2.24) is 4.90 Å². The molecule has 0 N–H and O–H groups in total. The fourth-order valence-electron chi connectivity index (χ4n) is 3.99. The summed E-state index contributed by atoms with van der Waals surface area (Å²) in [5.74, 6) is -0.0288. The van der Waals surface area contributed by atoms with Crippen molar-refractivity contribution in [2.45, 2.75) is 57.0 Å². The Labute approximate surface area is 124 Å². The molecular weight excluding hydrogens is 265 g/mol. The highest BCUT2D eigenvalue weighted by Gasteiger charge is 2.42. The zero-order valence-electron chi connectivity index (χ0n) is 12.1. The van der Waals surface area contributed by atoms with Crippen LogP contribution in [0.15, 0.2) is 35.4 Å². The molecule has 0 radical (unpaired) electrons. The predicted molar refractivity (Wildman–Crippen MR) is 79.3 cm³/mol. The van der Waals surface area contributed by atoms with E-state index in [1.807, 2.05) is 0 Å². The van der Waals surface area contributed by atoms with Crippen molar-refractivity contribution < 1.29 is 9.18 Å². The highest BCUT2D eigenvalue weighted by molar-refractivity contribution is 5.80. The summed E-state index contributed by atoms with van der Waals surface area (Å²) in [6.45, 7) is 0. The molecule has 2 aliphatic heterocycles. The van der Waals surface area contributed by atoms with Gasteiger partial charge in [-0.15, -0.1) is 0 Å². The molecule has 3 fully saturated rings. The van der Waals surface area contributed by atoms with Crippen LogP contribution in [0.2, 0.25) is 0 Å². The highest BCUT2D eigenvalue weighted by atomic mass is 19.1. The second kappa shape index (κ2) is 4.97. The van der Waals surface area contributed by atoms with Crippen molar-refractivity contribution in [1.29, 1.82) is 0 Å². The molecule has 2 bridgehead atoms. The number of piperidine rings is 1. The summed E-state index contributed by atoms with van der Waals surface area (Å²) < 4.78 is 12.9. The number of halogens is 1. The van der Waals surface area contributed by atoms with Crippen LogP contribution in [0.5, 0.6) is 0 Å². The molecule has 2 unspecified atom stereocenters. The molecule has 3 aliphatic rings. The van der Waals surface area contributed by atoms with Crippen LogP contribution in [-0.4, -0.2) is 22.9 Å². The van der Waals surface area contributed by atoms with Crippen LogP contribution in [0.1, 0.15) is 44.1 Å².